The summed E-state index contributed by atoms with van der Waals surface area (Å²) in [5.74, 6) is 0.101. The first-order valence-electron chi connectivity index (χ1n) is 12.1. The van der Waals surface area contributed by atoms with Crippen LogP contribution in [-0.2, 0) is 30.5 Å². The van der Waals surface area contributed by atoms with E-state index in [0.717, 1.165) is 16.5 Å². The molecule has 204 valence electrons. The normalized spacial score (nSPS) is 11.0. The van der Waals surface area contributed by atoms with E-state index in [-0.39, 0.29) is 23.6 Å². The number of alkyl halides is 3. The van der Waals surface area contributed by atoms with Crippen LogP contribution in [0.25, 0.3) is 0 Å². The number of nitrogens with zero attached hydrogens (tertiary/aromatic N) is 4. The second kappa shape index (κ2) is 12.4. The Hall–Kier alpha value is -4.69. The van der Waals surface area contributed by atoms with E-state index < -0.39 is 17.6 Å². The molecule has 0 fully saturated rings. The number of thiocarbonyl (C=S) groups is 1. The maximum absolute atomic E-state index is 13.7. The van der Waals surface area contributed by atoms with Gasteiger partial charge in [-0.3, -0.25) is 9.69 Å². The van der Waals surface area contributed by atoms with Crippen LogP contribution < -0.4 is 10.1 Å². The predicted octanol–water partition coefficient (Wildman–Crippen LogP) is 5.80. The molecule has 0 aliphatic rings. The molecule has 7 nitrogen and oxygen atoms in total. The number of aromatic nitrogens is 2. The van der Waals surface area contributed by atoms with E-state index >= 15 is 0 Å². The van der Waals surface area contributed by atoms with Gasteiger partial charge in [0.15, 0.2) is 5.11 Å². The highest BCUT2D eigenvalue weighted by Gasteiger charge is 2.34. The fourth-order valence-corrected chi connectivity index (χ4v) is 4.30. The number of imidazole rings is 1. The maximum atomic E-state index is 13.7. The van der Waals surface area contributed by atoms with Gasteiger partial charge in [-0.15, -0.1) is 0 Å². The Balaban J connectivity index is 1.59. The Kier molecular flexibility index (Phi) is 8.81. The van der Waals surface area contributed by atoms with E-state index in [1.807, 2.05) is 0 Å². The lowest BCUT2D eigenvalue weighted by Gasteiger charge is -2.26. The van der Waals surface area contributed by atoms with E-state index in [1.165, 1.54) is 31.5 Å². The van der Waals surface area contributed by atoms with Gasteiger partial charge in [-0.2, -0.15) is 18.4 Å². The van der Waals surface area contributed by atoms with Crippen LogP contribution in [0.1, 0.15) is 27.9 Å². The molecular formula is C29H24F3N5O2S. The highest BCUT2D eigenvalue weighted by molar-refractivity contribution is 7.80. The van der Waals surface area contributed by atoms with Crippen molar-refractivity contribution in [1.82, 2.24) is 14.5 Å². The van der Waals surface area contributed by atoms with Crippen molar-refractivity contribution in [3.63, 3.8) is 0 Å². The van der Waals surface area contributed by atoms with Crippen molar-refractivity contribution in [2.75, 3.05) is 12.4 Å². The van der Waals surface area contributed by atoms with Gasteiger partial charge in [-0.05, 0) is 65.8 Å². The fourth-order valence-electron chi connectivity index (χ4n) is 4.01. The number of nitriles is 1. The van der Waals surface area contributed by atoms with Gasteiger partial charge < -0.3 is 14.6 Å². The first kappa shape index (κ1) is 28.3. The number of carbonyl (C=O) groups excluding carboxylic acids is 1. The zero-order valence-electron chi connectivity index (χ0n) is 21.4. The Labute approximate surface area is 234 Å². The van der Waals surface area contributed by atoms with E-state index in [1.54, 1.807) is 59.4 Å². The summed E-state index contributed by atoms with van der Waals surface area (Å²) in [6, 6.07) is 20.9. The summed E-state index contributed by atoms with van der Waals surface area (Å²) in [4.78, 5) is 18.9. The van der Waals surface area contributed by atoms with Crippen LogP contribution in [0.15, 0.2) is 85.3 Å². The summed E-state index contributed by atoms with van der Waals surface area (Å²) in [5, 5.41) is 11.9. The fraction of sp³-hybridized carbons (Fsp3) is 0.172. The van der Waals surface area contributed by atoms with Crippen LogP contribution in [0.2, 0.25) is 0 Å². The van der Waals surface area contributed by atoms with Gasteiger partial charge in [-0.1, -0.05) is 30.3 Å². The molecule has 0 saturated carbocycles. The summed E-state index contributed by atoms with van der Waals surface area (Å²) in [7, 11) is 1.53. The average molecular weight is 564 g/mol. The third-order valence-corrected chi connectivity index (χ3v) is 6.43. The monoisotopic (exact) mass is 563 g/mol. The highest BCUT2D eigenvalue weighted by atomic mass is 32.1. The lowest BCUT2D eigenvalue weighted by atomic mass is 10.1. The van der Waals surface area contributed by atoms with E-state index in [4.69, 9.17) is 22.2 Å². The molecule has 11 heteroatoms. The molecule has 40 heavy (non-hydrogen) atoms. The van der Waals surface area contributed by atoms with Crippen molar-refractivity contribution in [2.24, 2.45) is 0 Å². The molecule has 0 radical (unpaired) electrons. The lowest BCUT2D eigenvalue weighted by Crippen LogP contribution is -2.40. The van der Waals surface area contributed by atoms with Gasteiger partial charge in [0.2, 0.25) is 5.91 Å². The van der Waals surface area contributed by atoms with E-state index in [9.17, 15) is 18.0 Å². The van der Waals surface area contributed by atoms with Gasteiger partial charge in [0.1, 0.15) is 5.75 Å². The molecule has 1 amide bonds. The minimum absolute atomic E-state index is 0.0506. The zero-order valence-corrected chi connectivity index (χ0v) is 22.2. The van der Waals surface area contributed by atoms with Crippen LogP contribution in [0.3, 0.4) is 0 Å². The molecule has 0 atom stereocenters. The Morgan fingerprint density at radius 2 is 1.80 bits per heavy atom. The summed E-state index contributed by atoms with van der Waals surface area (Å²) < 4.78 is 48.1. The summed E-state index contributed by atoms with van der Waals surface area (Å²) >= 11 is 5.52. The molecular weight excluding hydrogens is 539 g/mol. The Bertz CT molecular complexity index is 1530. The predicted molar refractivity (Wildman–Crippen MR) is 147 cm³/mol. The first-order chi connectivity index (χ1) is 19.2. The molecule has 1 N–H and O–H groups in total. The number of halogens is 3. The van der Waals surface area contributed by atoms with Gasteiger partial charge >= 0.3 is 6.18 Å². The molecule has 4 rings (SSSR count). The molecule has 0 bridgehead atoms. The van der Waals surface area contributed by atoms with Crippen LogP contribution >= 0.6 is 12.2 Å². The van der Waals surface area contributed by atoms with Crippen molar-refractivity contribution < 1.29 is 22.7 Å². The molecule has 1 aromatic heterocycles. The second-order valence-corrected chi connectivity index (χ2v) is 9.18. The number of hydrogen-bond donors (Lipinski definition) is 1. The first-order valence-corrected chi connectivity index (χ1v) is 12.5. The van der Waals surface area contributed by atoms with Crippen molar-refractivity contribution in [2.45, 2.75) is 25.7 Å². The van der Waals surface area contributed by atoms with Crippen LogP contribution in [-0.4, -0.2) is 32.6 Å². The summed E-state index contributed by atoms with van der Waals surface area (Å²) in [6.07, 6.45) is -1.66. The Morgan fingerprint density at radius 1 is 1.10 bits per heavy atom. The maximum Gasteiger partial charge on any atom is 0.416 e. The molecule has 0 aliphatic carbocycles. The second-order valence-electron chi connectivity index (χ2n) is 8.79. The third kappa shape index (κ3) is 7.03. The number of anilines is 1. The van der Waals surface area contributed by atoms with E-state index in [2.05, 4.69) is 16.4 Å². The standard InChI is InChI=1S/C29H24F3N5O2S/c1-39-25-12-10-23(11-13-25)35-28(40)37(18-22-4-2-3-5-26(22)29(30,31)32)27(38)14-24-16-34-19-36(24)17-21-8-6-20(15-33)7-9-21/h2-13,16,19H,14,17-18H2,1H3,(H,35,40). The molecule has 0 aliphatic heterocycles. The molecule has 1 heterocycles. The number of ether oxygens (including phenoxy) is 1. The molecule has 4 aromatic rings. The Morgan fingerprint density at radius 3 is 2.45 bits per heavy atom. The minimum atomic E-state index is -4.60. The van der Waals surface area contributed by atoms with Crippen LogP contribution in [0.4, 0.5) is 18.9 Å². The van der Waals surface area contributed by atoms with Crippen molar-refractivity contribution in [1.29, 1.82) is 5.26 Å². The number of carbonyl (C=O) groups is 1. The van der Waals surface area contributed by atoms with Crippen molar-refractivity contribution >= 4 is 28.9 Å². The van der Waals surface area contributed by atoms with Crippen LogP contribution in [0.5, 0.6) is 5.75 Å². The van der Waals surface area contributed by atoms with Crippen molar-refractivity contribution in [3.05, 3.63) is 113 Å². The van der Waals surface area contributed by atoms with Crippen molar-refractivity contribution in [3.8, 4) is 11.8 Å². The number of rotatable bonds is 8. The third-order valence-electron chi connectivity index (χ3n) is 6.11. The smallest absolute Gasteiger partial charge is 0.416 e. The summed E-state index contributed by atoms with van der Waals surface area (Å²) in [6.45, 7) is 0.0000371. The highest BCUT2D eigenvalue weighted by Crippen LogP contribution is 2.32. The molecule has 0 unspecified atom stereocenters. The largest absolute Gasteiger partial charge is 0.497 e. The number of nitrogens with one attached hydrogen (secondary N) is 1. The average Bonchev–Trinajstić information content (AvgIpc) is 3.38. The SMILES string of the molecule is COc1ccc(NC(=S)N(Cc2ccccc2C(F)(F)F)C(=O)Cc2cncn2Cc2ccc(C#N)cc2)cc1. The van der Waals surface area contributed by atoms with Gasteiger partial charge in [0.25, 0.3) is 0 Å². The van der Waals surface area contributed by atoms with Crippen LogP contribution in [0, 0.1) is 11.3 Å². The number of hydrogen-bond acceptors (Lipinski definition) is 5. The van der Waals surface area contributed by atoms with Gasteiger partial charge in [0, 0.05) is 24.1 Å². The van der Waals surface area contributed by atoms with Gasteiger partial charge in [0.05, 0.1) is 43.6 Å². The number of methoxy groups -OCH3 is 1. The molecule has 0 spiro atoms. The molecule has 0 saturated heterocycles. The number of amides is 1. The van der Waals surface area contributed by atoms with Gasteiger partial charge in [-0.25, -0.2) is 4.98 Å². The zero-order chi connectivity index (χ0) is 28.7. The molecule has 3 aromatic carbocycles. The summed E-state index contributed by atoms with van der Waals surface area (Å²) in [5.41, 5.74) is 1.57. The number of benzene rings is 3. The van der Waals surface area contributed by atoms with E-state index in [0.29, 0.717) is 29.2 Å². The topological polar surface area (TPSA) is 83.2 Å². The lowest BCUT2D eigenvalue weighted by molar-refractivity contribution is -0.139. The minimum Gasteiger partial charge on any atom is -0.497 e. The quantitative estimate of drug-likeness (QED) is 0.273.